The van der Waals surface area contributed by atoms with Gasteiger partial charge in [-0.15, -0.1) is 12.4 Å². The maximum atomic E-state index is 5.50. The van der Waals surface area contributed by atoms with E-state index in [1.807, 2.05) is 18.3 Å². The van der Waals surface area contributed by atoms with Crippen LogP contribution >= 0.6 is 12.4 Å². The van der Waals surface area contributed by atoms with Crippen molar-refractivity contribution in [1.29, 1.82) is 0 Å². The molecule has 1 aliphatic heterocycles. The Labute approximate surface area is 84.3 Å². The molecule has 0 amide bonds. The van der Waals surface area contributed by atoms with Gasteiger partial charge in [-0.25, -0.2) is 0 Å². The highest BCUT2D eigenvalue weighted by Gasteiger charge is 2.16. The molecule has 0 saturated carbocycles. The average molecular weight is 197 g/mol. The number of hydrogen-bond donors (Lipinski definition) is 1. The van der Waals surface area contributed by atoms with Crippen LogP contribution in [-0.2, 0) is 0 Å². The first kappa shape index (κ1) is 10.2. The van der Waals surface area contributed by atoms with Gasteiger partial charge in [0, 0.05) is 12.1 Å². The minimum Gasteiger partial charge on any atom is -0.330 e. The molecule has 1 aromatic rings. The number of aliphatic imine (C=N–C) groups is 1. The Bertz CT molecular complexity index is 310. The van der Waals surface area contributed by atoms with Crippen molar-refractivity contribution in [2.45, 2.75) is 12.3 Å². The number of para-hydroxylation sites is 1. The van der Waals surface area contributed by atoms with Crippen molar-refractivity contribution in [2.75, 3.05) is 6.54 Å². The zero-order chi connectivity index (χ0) is 8.39. The summed E-state index contributed by atoms with van der Waals surface area (Å²) in [5.74, 6) is 0.450. The number of benzene rings is 1. The summed E-state index contributed by atoms with van der Waals surface area (Å²) in [6, 6.07) is 8.24. The van der Waals surface area contributed by atoms with Crippen LogP contribution in [0.15, 0.2) is 29.3 Å². The third-order valence-corrected chi connectivity index (χ3v) is 2.21. The van der Waals surface area contributed by atoms with Gasteiger partial charge in [-0.05, 0) is 24.6 Å². The van der Waals surface area contributed by atoms with Gasteiger partial charge >= 0.3 is 0 Å². The van der Waals surface area contributed by atoms with Gasteiger partial charge in [-0.1, -0.05) is 18.2 Å². The Morgan fingerprint density at radius 2 is 2.08 bits per heavy atom. The van der Waals surface area contributed by atoms with E-state index < -0.39 is 0 Å². The van der Waals surface area contributed by atoms with Crippen LogP contribution in [0.1, 0.15) is 17.9 Å². The van der Waals surface area contributed by atoms with E-state index in [0.29, 0.717) is 5.92 Å². The molecule has 1 aromatic carbocycles. The largest absolute Gasteiger partial charge is 0.330 e. The van der Waals surface area contributed by atoms with E-state index >= 15 is 0 Å². The first-order chi connectivity index (χ1) is 5.92. The first-order valence-corrected chi connectivity index (χ1v) is 4.25. The summed E-state index contributed by atoms with van der Waals surface area (Å²) in [5, 5.41) is 0. The van der Waals surface area contributed by atoms with Crippen molar-refractivity contribution in [3.8, 4) is 0 Å². The number of halogens is 1. The van der Waals surface area contributed by atoms with Crippen molar-refractivity contribution in [3.63, 3.8) is 0 Å². The number of hydrogen-bond acceptors (Lipinski definition) is 2. The van der Waals surface area contributed by atoms with Crippen LogP contribution in [-0.4, -0.2) is 12.8 Å². The molecule has 0 spiro atoms. The lowest BCUT2D eigenvalue weighted by Gasteiger charge is -2.05. The fraction of sp³-hybridized carbons (Fsp3) is 0.300. The van der Waals surface area contributed by atoms with Gasteiger partial charge in [-0.3, -0.25) is 4.99 Å². The molecule has 1 unspecified atom stereocenters. The molecular weight excluding hydrogens is 184 g/mol. The SMILES string of the molecule is Cl.NCCC1C=Nc2ccccc21. The fourth-order valence-electron chi connectivity index (χ4n) is 1.58. The molecule has 0 saturated heterocycles. The van der Waals surface area contributed by atoms with Gasteiger partial charge in [0.25, 0.3) is 0 Å². The normalized spacial score (nSPS) is 18.1. The maximum Gasteiger partial charge on any atom is 0.0664 e. The molecule has 1 heterocycles. The first-order valence-electron chi connectivity index (χ1n) is 4.25. The quantitative estimate of drug-likeness (QED) is 0.774. The minimum absolute atomic E-state index is 0. The van der Waals surface area contributed by atoms with Crippen LogP contribution in [0.2, 0.25) is 0 Å². The average Bonchev–Trinajstić information content (AvgIpc) is 2.50. The summed E-state index contributed by atoms with van der Waals surface area (Å²) < 4.78 is 0. The number of rotatable bonds is 2. The number of nitrogens with two attached hydrogens (primary N) is 1. The predicted molar refractivity (Wildman–Crippen MR) is 58.3 cm³/mol. The Morgan fingerprint density at radius 3 is 2.85 bits per heavy atom. The second-order valence-electron chi connectivity index (χ2n) is 3.02. The van der Waals surface area contributed by atoms with E-state index in [-0.39, 0.29) is 12.4 Å². The molecule has 2 rings (SSSR count). The molecule has 1 aliphatic rings. The van der Waals surface area contributed by atoms with Crippen molar-refractivity contribution < 1.29 is 0 Å². The second-order valence-corrected chi connectivity index (χ2v) is 3.02. The van der Waals surface area contributed by atoms with Crippen molar-refractivity contribution in [2.24, 2.45) is 10.7 Å². The zero-order valence-corrected chi connectivity index (χ0v) is 8.13. The topological polar surface area (TPSA) is 38.4 Å². The monoisotopic (exact) mass is 196 g/mol. The summed E-state index contributed by atoms with van der Waals surface area (Å²) in [7, 11) is 0. The molecule has 0 aliphatic carbocycles. The van der Waals surface area contributed by atoms with Gasteiger partial charge in [0.2, 0.25) is 0 Å². The van der Waals surface area contributed by atoms with E-state index in [9.17, 15) is 0 Å². The lowest BCUT2D eigenvalue weighted by Crippen LogP contribution is -2.05. The molecule has 13 heavy (non-hydrogen) atoms. The Kier molecular flexibility index (Phi) is 3.46. The molecule has 0 fully saturated rings. The Morgan fingerprint density at radius 1 is 1.31 bits per heavy atom. The summed E-state index contributed by atoms with van der Waals surface area (Å²) in [6.07, 6.45) is 3.00. The van der Waals surface area contributed by atoms with E-state index in [4.69, 9.17) is 5.73 Å². The second kappa shape index (κ2) is 4.40. The molecule has 0 radical (unpaired) electrons. The highest BCUT2D eigenvalue weighted by molar-refractivity contribution is 5.85. The molecule has 3 heteroatoms. The predicted octanol–water partition coefficient (Wildman–Crippen LogP) is 2.26. The van der Waals surface area contributed by atoms with Crippen molar-refractivity contribution in [3.05, 3.63) is 29.8 Å². The van der Waals surface area contributed by atoms with Gasteiger partial charge in [0.05, 0.1) is 5.69 Å². The number of fused-ring (bicyclic) bond motifs is 1. The lowest BCUT2D eigenvalue weighted by atomic mass is 9.98. The van der Waals surface area contributed by atoms with Gasteiger partial charge in [-0.2, -0.15) is 0 Å². The van der Waals surface area contributed by atoms with E-state index in [1.54, 1.807) is 0 Å². The smallest absolute Gasteiger partial charge is 0.0664 e. The minimum atomic E-state index is 0. The van der Waals surface area contributed by atoms with Crippen LogP contribution in [0.4, 0.5) is 5.69 Å². The number of nitrogens with zero attached hydrogens (tertiary/aromatic N) is 1. The third kappa shape index (κ3) is 1.90. The molecule has 70 valence electrons. The van der Waals surface area contributed by atoms with Gasteiger partial charge < -0.3 is 5.73 Å². The van der Waals surface area contributed by atoms with Crippen molar-refractivity contribution >= 4 is 24.3 Å². The summed E-state index contributed by atoms with van der Waals surface area (Å²) in [4.78, 5) is 4.32. The van der Waals surface area contributed by atoms with Crippen LogP contribution in [0, 0.1) is 0 Å². The molecule has 0 bridgehead atoms. The van der Waals surface area contributed by atoms with Crippen LogP contribution in [0.5, 0.6) is 0 Å². The summed E-state index contributed by atoms with van der Waals surface area (Å²) in [6.45, 7) is 0.727. The summed E-state index contributed by atoms with van der Waals surface area (Å²) in [5.41, 5.74) is 7.93. The summed E-state index contributed by atoms with van der Waals surface area (Å²) >= 11 is 0. The standard InChI is InChI=1S/C10H12N2.ClH/c11-6-5-8-7-12-10-4-2-1-3-9(8)10;/h1-4,7-8H,5-6,11H2;1H. The van der Waals surface area contributed by atoms with Gasteiger partial charge in [0.15, 0.2) is 0 Å². The van der Waals surface area contributed by atoms with Gasteiger partial charge in [0.1, 0.15) is 0 Å². The van der Waals surface area contributed by atoms with Crippen LogP contribution in [0.25, 0.3) is 0 Å². The third-order valence-electron chi connectivity index (χ3n) is 2.21. The van der Waals surface area contributed by atoms with Crippen LogP contribution < -0.4 is 5.73 Å². The maximum absolute atomic E-state index is 5.50. The van der Waals surface area contributed by atoms with E-state index in [2.05, 4.69) is 17.1 Å². The highest BCUT2D eigenvalue weighted by atomic mass is 35.5. The molecule has 2 N–H and O–H groups in total. The van der Waals surface area contributed by atoms with E-state index in [0.717, 1.165) is 18.7 Å². The zero-order valence-electron chi connectivity index (χ0n) is 7.31. The molecular formula is C10H13ClN2. The molecule has 2 nitrogen and oxygen atoms in total. The molecule has 1 atom stereocenters. The lowest BCUT2D eigenvalue weighted by molar-refractivity contribution is 0.799. The van der Waals surface area contributed by atoms with Crippen LogP contribution in [0.3, 0.4) is 0 Å². The van der Waals surface area contributed by atoms with E-state index in [1.165, 1.54) is 5.56 Å². The fourth-order valence-corrected chi connectivity index (χ4v) is 1.58. The van der Waals surface area contributed by atoms with Crippen molar-refractivity contribution in [1.82, 2.24) is 0 Å². The molecule has 0 aromatic heterocycles. The Hall–Kier alpha value is -0.860. The Balaban J connectivity index is 0.000000845. The highest BCUT2D eigenvalue weighted by Crippen LogP contribution is 2.32.